The zero-order valence-electron chi connectivity index (χ0n) is 22.1. The Balaban J connectivity index is 1.36. The number of carbonyl (C=O) groups excluding carboxylic acids is 2. The topological polar surface area (TPSA) is 91.6 Å². The van der Waals surface area contributed by atoms with E-state index < -0.39 is 17.5 Å². The summed E-state index contributed by atoms with van der Waals surface area (Å²) in [6, 6.07) is 7.72. The first-order valence-electron chi connectivity index (χ1n) is 13.5. The molecule has 3 aromatic rings. The zero-order chi connectivity index (χ0) is 28.9. The molecule has 1 aliphatic carbocycles. The minimum absolute atomic E-state index is 0.143. The van der Waals surface area contributed by atoms with Gasteiger partial charge in [-0.1, -0.05) is 19.1 Å². The lowest BCUT2D eigenvalue weighted by Gasteiger charge is -2.37. The summed E-state index contributed by atoms with van der Waals surface area (Å²) in [5, 5.41) is 15.6. The second-order valence-electron chi connectivity index (χ2n) is 10.5. The maximum Gasteiger partial charge on any atom is 0.447 e. The predicted octanol–water partition coefficient (Wildman–Crippen LogP) is 5.16. The number of hydrogen-bond donors (Lipinski definition) is 1. The number of carbonyl (C=O) groups is 2. The Hall–Kier alpha value is -3.80. The van der Waals surface area contributed by atoms with Gasteiger partial charge in [0.25, 0.3) is 5.91 Å². The van der Waals surface area contributed by atoms with E-state index in [1.807, 2.05) is 18.2 Å². The van der Waals surface area contributed by atoms with E-state index >= 15 is 0 Å². The number of phenols is 1. The molecule has 1 saturated carbocycles. The number of aromatic nitrogens is 3. The van der Waals surface area contributed by atoms with Gasteiger partial charge in [0, 0.05) is 56.0 Å². The molecule has 2 amide bonds. The van der Waals surface area contributed by atoms with Gasteiger partial charge >= 0.3 is 5.51 Å². The van der Waals surface area contributed by atoms with Crippen LogP contribution in [0.1, 0.15) is 64.1 Å². The van der Waals surface area contributed by atoms with Crippen LogP contribution in [0.4, 0.5) is 13.2 Å². The predicted molar refractivity (Wildman–Crippen MR) is 146 cm³/mol. The Morgan fingerprint density at radius 1 is 1.12 bits per heavy atom. The molecule has 2 aromatic heterocycles. The highest BCUT2D eigenvalue weighted by molar-refractivity contribution is 8.00. The Kier molecular flexibility index (Phi) is 7.04. The van der Waals surface area contributed by atoms with Gasteiger partial charge in [-0.05, 0) is 54.7 Å². The second-order valence-corrected chi connectivity index (χ2v) is 11.6. The molecule has 0 radical (unpaired) electrons. The van der Waals surface area contributed by atoms with Crippen molar-refractivity contribution in [3.8, 4) is 11.4 Å². The van der Waals surface area contributed by atoms with Gasteiger partial charge in [-0.2, -0.15) is 18.3 Å². The average molecular weight is 584 g/mol. The highest BCUT2D eigenvalue weighted by Crippen LogP contribution is 2.41. The Morgan fingerprint density at radius 2 is 1.93 bits per heavy atom. The third kappa shape index (κ3) is 5.20. The molecule has 8 nitrogen and oxygen atoms in total. The smallest absolute Gasteiger partial charge is 0.447 e. The van der Waals surface area contributed by atoms with Crippen LogP contribution in [-0.2, 0) is 17.6 Å². The summed E-state index contributed by atoms with van der Waals surface area (Å²) < 4.78 is 40.0. The van der Waals surface area contributed by atoms with E-state index in [-0.39, 0.29) is 47.1 Å². The lowest BCUT2D eigenvalue weighted by Crippen LogP contribution is -2.45. The highest BCUT2D eigenvalue weighted by Gasteiger charge is 2.40. The van der Waals surface area contributed by atoms with E-state index in [1.54, 1.807) is 14.5 Å². The largest absolute Gasteiger partial charge is 0.506 e. The van der Waals surface area contributed by atoms with Crippen molar-refractivity contribution in [1.29, 1.82) is 0 Å². The summed E-state index contributed by atoms with van der Waals surface area (Å²) >= 11 is -0.340. The molecular formula is C29H28F3N5O3S. The second kappa shape index (κ2) is 10.6. The highest BCUT2D eigenvalue weighted by atomic mass is 32.2. The number of pyridine rings is 1. The molecule has 0 spiro atoms. The number of aromatic hydroxyl groups is 1. The van der Waals surface area contributed by atoms with Gasteiger partial charge < -0.3 is 14.9 Å². The molecule has 41 heavy (non-hydrogen) atoms. The van der Waals surface area contributed by atoms with E-state index in [0.29, 0.717) is 31.0 Å². The third-order valence-corrected chi connectivity index (χ3v) is 8.85. The zero-order valence-corrected chi connectivity index (χ0v) is 22.9. The van der Waals surface area contributed by atoms with Gasteiger partial charge in [-0.25, -0.2) is 9.67 Å². The molecule has 0 saturated heterocycles. The number of alkyl halides is 3. The van der Waals surface area contributed by atoms with Gasteiger partial charge in [0.1, 0.15) is 16.5 Å². The first-order chi connectivity index (χ1) is 19.6. The summed E-state index contributed by atoms with van der Waals surface area (Å²) in [5.41, 5.74) is -0.209. The molecule has 0 bridgehead atoms. The Morgan fingerprint density at radius 3 is 2.56 bits per heavy atom. The van der Waals surface area contributed by atoms with Crippen LogP contribution in [-0.4, -0.2) is 66.6 Å². The number of phenolic OH excluding ortho intramolecular Hbond substituents is 1. The molecule has 12 heteroatoms. The minimum atomic E-state index is -4.48. The number of halogens is 3. The molecule has 1 fully saturated rings. The molecule has 214 valence electrons. The summed E-state index contributed by atoms with van der Waals surface area (Å²) in [5.74, 6) is -0.0433. The first kappa shape index (κ1) is 27.4. The van der Waals surface area contributed by atoms with Crippen LogP contribution >= 0.6 is 11.8 Å². The molecule has 3 aliphatic rings. The maximum absolute atomic E-state index is 13.7. The number of benzene rings is 1. The summed E-state index contributed by atoms with van der Waals surface area (Å²) in [7, 11) is 0. The van der Waals surface area contributed by atoms with Crippen molar-refractivity contribution in [2.45, 2.75) is 54.6 Å². The Bertz CT molecular complexity index is 1520. The van der Waals surface area contributed by atoms with Crippen LogP contribution in [0.5, 0.6) is 5.75 Å². The monoisotopic (exact) mass is 583 g/mol. The molecule has 2 aliphatic heterocycles. The summed E-state index contributed by atoms with van der Waals surface area (Å²) in [6.45, 7) is 4.49. The normalized spacial score (nSPS) is 18.9. The van der Waals surface area contributed by atoms with Crippen molar-refractivity contribution in [1.82, 2.24) is 24.6 Å². The van der Waals surface area contributed by atoms with Gasteiger partial charge in [0.15, 0.2) is 0 Å². The van der Waals surface area contributed by atoms with Crippen molar-refractivity contribution in [2.24, 2.45) is 0 Å². The van der Waals surface area contributed by atoms with E-state index in [4.69, 9.17) is 5.10 Å². The average Bonchev–Trinajstić information content (AvgIpc) is 3.16. The van der Waals surface area contributed by atoms with E-state index in [0.717, 1.165) is 41.6 Å². The standard InChI is InChI=1S/C29H28F3N5O3S/c1-2-26(39)35-12-10-20-27-22(37(34-20)21-8-6-18(14-24(21)38)17-4-3-5-17)11-13-36(23(27)16-35)28(40)19-7-9-25(33-15-19)41-29(30,31)32/h2,6-9,14-15,17,23,38H,1,3-5,10-13,16H2. The van der Waals surface area contributed by atoms with Crippen molar-refractivity contribution in [3.63, 3.8) is 0 Å². The molecule has 6 rings (SSSR count). The number of thioether (sulfide) groups is 1. The molecule has 1 unspecified atom stereocenters. The first-order valence-corrected chi connectivity index (χ1v) is 14.3. The van der Waals surface area contributed by atoms with Crippen molar-refractivity contribution < 1.29 is 27.9 Å². The third-order valence-electron chi connectivity index (χ3n) is 8.16. The van der Waals surface area contributed by atoms with E-state index in [9.17, 15) is 27.9 Å². The molecule has 4 heterocycles. The fourth-order valence-corrected chi connectivity index (χ4v) is 6.41. The van der Waals surface area contributed by atoms with Gasteiger partial charge in [0.2, 0.25) is 5.91 Å². The molecule has 1 atom stereocenters. The summed E-state index contributed by atoms with van der Waals surface area (Å²) in [4.78, 5) is 33.5. The number of rotatable bonds is 5. The lowest BCUT2D eigenvalue weighted by molar-refractivity contribution is -0.126. The van der Waals surface area contributed by atoms with Crippen molar-refractivity contribution >= 4 is 23.6 Å². The Labute approximate surface area is 238 Å². The number of hydrogen-bond acceptors (Lipinski definition) is 6. The van der Waals surface area contributed by atoms with Crippen LogP contribution in [0.15, 0.2) is 54.2 Å². The number of nitrogens with zero attached hydrogens (tertiary/aromatic N) is 5. The van der Waals surface area contributed by atoms with Gasteiger partial charge in [-0.3, -0.25) is 9.59 Å². The molecule has 1 N–H and O–H groups in total. The maximum atomic E-state index is 13.7. The SMILES string of the molecule is C=CC(=O)N1CCc2nn(-c3ccc(C4CCC4)cc3O)c3c2C(C1)N(C(=O)c1ccc(SC(F)(F)F)nc1)CC3. The van der Waals surface area contributed by atoms with Gasteiger partial charge in [-0.15, -0.1) is 0 Å². The van der Waals surface area contributed by atoms with Crippen LogP contribution in [0.2, 0.25) is 0 Å². The van der Waals surface area contributed by atoms with E-state index in [1.165, 1.54) is 24.6 Å². The minimum Gasteiger partial charge on any atom is -0.506 e. The van der Waals surface area contributed by atoms with Crippen molar-refractivity contribution in [3.05, 3.63) is 77.3 Å². The number of amides is 2. The van der Waals surface area contributed by atoms with Crippen LogP contribution in [0.3, 0.4) is 0 Å². The fraction of sp³-hybridized carbons (Fsp3) is 0.379. The quantitative estimate of drug-likeness (QED) is 0.330. The van der Waals surface area contributed by atoms with Crippen LogP contribution in [0, 0.1) is 0 Å². The van der Waals surface area contributed by atoms with E-state index in [2.05, 4.69) is 11.6 Å². The summed E-state index contributed by atoms with van der Waals surface area (Å²) in [6.07, 6.45) is 6.72. The van der Waals surface area contributed by atoms with Crippen LogP contribution in [0.25, 0.3) is 5.69 Å². The lowest BCUT2D eigenvalue weighted by atomic mass is 9.80. The molecule has 1 aromatic carbocycles. The van der Waals surface area contributed by atoms with Crippen LogP contribution < -0.4 is 0 Å². The van der Waals surface area contributed by atoms with Gasteiger partial charge in [0.05, 0.1) is 23.0 Å². The molecular weight excluding hydrogens is 555 g/mol. The van der Waals surface area contributed by atoms with Crippen molar-refractivity contribution in [2.75, 3.05) is 19.6 Å². The fourth-order valence-electron chi connectivity index (χ4n) is 5.93.